The van der Waals surface area contributed by atoms with Crippen molar-refractivity contribution in [2.45, 2.75) is 33.1 Å². The molecule has 0 spiro atoms. The van der Waals surface area contributed by atoms with Crippen molar-refractivity contribution < 1.29 is 9.59 Å². The summed E-state index contributed by atoms with van der Waals surface area (Å²) in [6.45, 7) is 5.28. The highest BCUT2D eigenvalue weighted by Gasteiger charge is 2.36. The molecular weight excluding hydrogens is 280 g/mol. The number of urea groups is 1. The van der Waals surface area contributed by atoms with Gasteiger partial charge in [0.25, 0.3) is 0 Å². The molecule has 6 nitrogen and oxygen atoms in total. The van der Waals surface area contributed by atoms with Crippen molar-refractivity contribution in [3.05, 3.63) is 35.3 Å². The molecule has 118 valence electrons. The molecule has 0 atom stereocenters. The third-order valence-corrected chi connectivity index (χ3v) is 4.27. The van der Waals surface area contributed by atoms with Gasteiger partial charge in [0, 0.05) is 31.9 Å². The minimum atomic E-state index is -0.144. The summed E-state index contributed by atoms with van der Waals surface area (Å²) in [7, 11) is 1.76. The molecule has 2 amide bonds. The van der Waals surface area contributed by atoms with Crippen molar-refractivity contribution in [3.8, 4) is 0 Å². The van der Waals surface area contributed by atoms with Gasteiger partial charge in [0.2, 0.25) is 0 Å². The third kappa shape index (κ3) is 2.43. The fourth-order valence-corrected chi connectivity index (χ4v) is 3.11. The molecule has 0 N–H and O–H groups in total. The van der Waals surface area contributed by atoms with Crippen LogP contribution in [0.3, 0.4) is 0 Å². The smallest absolute Gasteiger partial charge is 0.294 e. The molecule has 3 aliphatic rings. The highest BCUT2D eigenvalue weighted by Crippen LogP contribution is 2.31. The van der Waals surface area contributed by atoms with Crippen molar-refractivity contribution in [2.75, 3.05) is 20.1 Å². The van der Waals surface area contributed by atoms with Gasteiger partial charge in [-0.15, -0.1) is 0 Å². The number of carbonyl (C=O) groups is 2. The first kappa shape index (κ1) is 14.8. The van der Waals surface area contributed by atoms with Gasteiger partial charge in [-0.05, 0) is 38.3 Å². The second-order valence-corrected chi connectivity index (χ2v) is 6.01. The Bertz CT molecular complexity index is 599. The molecule has 0 radical (unpaired) electrons. The summed E-state index contributed by atoms with van der Waals surface area (Å²) in [5.41, 5.74) is 2.14. The zero-order chi connectivity index (χ0) is 15.9. The summed E-state index contributed by atoms with van der Waals surface area (Å²) in [6.07, 6.45) is 9.00. The third-order valence-electron chi connectivity index (χ3n) is 4.27. The number of ketones is 1. The number of amides is 2. The van der Waals surface area contributed by atoms with Gasteiger partial charge in [-0.3, -0.25) is 9.69 Å². The largest absolute Gasteiger partial charge is 0.348 e. The fraction of sp³-hybridized carbons (Fsp3) is 0.500. The van der Waals surface area contributed by atoms with Crippen LogP contribution in [0.15, 0.2) is 35.3 Å². The Kier molecular flexibility index (Phi) is 3.78. The quantitative estimate of drug-likeness (QED) is 0.785. The number of Topliss-reactive ketones (excluding diaryl/α,β-unsaturated/α-hetero) is 1. The van der Waals surface area contributed by atoms with Crippen molar-refractivity contribution in [2.24, 2.45) is 0 Å². The molecule has 1 saturated heterocycles. The van der Waals surface area contributed by atoms with Gasteiger partial charge in [0.05, 0.1) is 11.9 Å². The normalized spacial score (nSPS) is 23.0. The van der Waals surface area contributed by atoms with E-state index in [4.69, 9.17) is 0 Å². The highest BCUT2D eigenvalue weighted by atomic mass is 16.2. The summed E-state index contributed by atoms with van der Waals surface area (Å²) in [5, 5.41) is 5.62. The van der Waals surface area contributed by atoms with Gasteiger partial charge in [-0.1, -0.05) is 6.42 Å². The standard InChI is InChI=1S/C16H22N4O2/c1-12-9-14(13(2)21)15-11-20(18-7-5-4-6-8-18)17(3)16(22)19(15)10-12/h9-11H,4-8H2,1-3H3. The molecule has 0 saturated carbocycles. The van der Waals surface area contributed by atoms with E-state index in [0.717, 1.165) is 31.5 Å². The van der Waals surface area contributed by atoms with Crippen LogP contribution in [0, 0.1) is 0 Å². The van der Waals surface area contributed by atoms with Crippen LogP contribution in [-0.2, 0) is 4.79 Å². The SMILES string of the molecule is CC(=O)C1=CC(C)=CN2C(=O)N(C)N(N3CCCCC3)C=C12. The number of hydrazine groups is 2. The first-order valence-electron chi connectivity index (χ1n) is 7.73. The minimum absolute atomic E-state index is 0.0281. The monoisotopic (exact) mass is 302 g/mol. The van der Waals surface area contributed by atoms with Crippen LogP contribution >= 0.6 is 0 Å². The lowest BCUT2D eigenvalue weighted by molar-refractivity contribution is -0.125. The predicted molar refractivity (Wildman–Crippen MR) is 82.9 cm³/mol. The number of rotatable bonds is 2. The van der Waals surface area contributed by atoms with Crippen molar-refractivity contribution in [3.63, 3.8) is 0 Å². The Morgan fingerprint density at radius 2 is 1.82 bits per heavy atom. The topological polar surface area (TPSA) is 47.1 Å². The maximum absolute atomic E-state index is 12.7. The van der Waals surface area contributed by atoms with Crippen LogP contribution in [-0.4, -0.2) is 52.0 Å². The first-order valence-corrected chi connectivity index (χ1v) is 7.73. The Labute approximate surface area is 130 Å². The first-order chi connectivity index (χ1) is 10.5. The molecule has 3 aliphatic heterocycles. The van der Waals surface area contributed by atoms with Crippen molar-refractivity contribution in [1.29, 1.82) is 0 Å². The van der Waals surface area contributed by atoms with E-state index in [1.807, 2.05) is 24.3 Å². The molecule has 0 aromatic rings. The summed E-state index contributed by atoms with van der Waals surface area (Å²) in [6, 6.07) is -0.144. The maximum atomic E-state index is 12.7. The van der Waals surface area contributed by atoms with Crippen LogP contribution in [0.25, 0.3) is 0 Å². The van der Waals surface area contributed by atoms with E-state index >= 15 is 0 Å². The highest BCUT2D eigenvalue weighted by molar-refractivity contribution is 6.00. The average Bonchev–Trinajstić information content (AvgIpc) is 2.51. The molecule has 6 heteroatoms. The number of hydrogen-bond acceptors (Lipinski definition) is 4. The van der Waals surface area contributed by atoms with E-state index in [2.05, 4.69) is 5.01 Å². The Balaban J connectivity index is 2.00. The van der Waals surface area contributed by atoms with Gasteiger partial charge in [-0.2, -0.15) is 0 Å². The van der Waals surface area contributed by atoms with E-state index in [9.17, 15) is 9.59 Å². The Morgan fingerprint density at radius 1 is 1.14 bits per heavy atom. The summed E-state index contributed by atoms with van der Waals surface area (Å²) in [4.78, 5) is 26.2. The molecule has 0 bridgehead atoms. The molecule has 0 aromatic carbocycles. The fourth-order valence-electron chi connectivity index (χ4n) is 3.11. The second-order valence-electron chi connectivity index (χ2n) is 6.01. The van der Waals surface area contributed by atoms with E-state index in [-0.39, 0.29) is 11.8 Å². The zero-order valence-corrected chi connectivity index (χ0v) is 13.4. The molecule has 3 rings (SSSR count). The van der Waals surface area contributed by atoms with E-state index in [1.165, 1.54) is 13.3 Å². The van der Waals surface area contributed by atoms with E-state index in [0.29, 0.717) is 11.3 Å². The van der Waals surface area contributed by atoms with Gasteiger partial charge < -0.3 is 0 Å². The molecule has 0 aliphatic carbocycles. The zero-order valence-electron chi connectivity index (χ0n) is 13.4. The van der Waals surface area contributed by atoms with E-state index in [1.54, 1.807) is 23.2 Å². The number of fused-ring (bicyclic) bond motifs is 1. The lowest BCUT2D eigenvalue weighted by atomic mass is 10.0. The number of hydrogen-bond donors (Lipinski definition) is 0. The van der Waals surface area contributed by atoms with Gasteiger partial charge in [-0.25, -0.2) is 19.9 Å². The van der Waals surface area contributed by atoms with Crippen molar-refractivity contribution in [1.82, 2.24) is 20.0 Å². The molecular formula is C16H22N4O2. The minimum Gasteiger partial charge on any atom is -0.294 e. The molecule has 3 heterocycles. The lowest BCUT2D eigenvalue weighted by Crippen LogP contribution is -2.58. The van der Waals surface area contributed by atoms with Crippen LogP contribution in [0.2, 0.25) is 0 Å². The van der Waals surface area contributed by atoms with Crippen LogP contribution < -0.4 is 0 Å². The Morgan fingerprint density at radius 3 is 2.45 bits per heavy atom. The van der Waals surface area contributed by atoms with E-state index < -0.39 is 0 Å². The van der Waals surface area contributed by atoms with Gasteiger partial charge in [0.1, 0.15) is 0 Å². The molecule has 22 heavy (non-hydrogen) atoms. The maximum Gasteiger partial charge on any atom is 0.348 e. The summed E-state index contributed by atoms with van der Waals surface area (Å²) in [5.74, 6) is -0.0281. The second kappa shape index (κ2) is 5.61. The molecule has 1 fully saturated rings. The van der Waals surface area contributed by atoms with Crippen LogP contribution in [0.1, 0.15) is 33.1 Å². The number of nitrogens with zero attached hydrogens (tertiary/aromatic N) is 4. The lowest BCUT2D eigenvalue weighted by Gasteiger charge is -2.46. The van der Waals surface area contributed by atoms with Crippen LogP contribution in [0.4, 0.5) is 4.79 Å². The van der Waals surface area contributed by atoms with Crippen molar-refractivity contribution >= 4 is 11.8 Å². The summed E-state index contributed by atoms with van der Waals surface area (Å²) >= 11 is 0. The van der Waals surface area contributed by atoms with Crippen LogP contribution in [0.5, 0.6) is 0 Å². The Hall–Kier alpha value is -2.08. The average molecular weight is 302 g/mol. The molecule has 0 aromatic heterocycles. The summed E-state index contributed by atoms with van der Waals surface area (Å²) < 4.78 is 0. The van der Waals surface area contributed by atoms with Gasteiger partial charge >= 0.3 is 6.03 Å². The number of carbonyl (C=O) groups excluding carboxylic acids is 2. The molecule has 0 unspecified atom stereocenters. The predicted octanol–water partition coefficient (Wildman–Crippen LogP) is 2.25. The van der Waals surface area contributed by atoms with Gasteiger partial charge in [0.15, 0.2) is 5.78 Å². The number of allylic oxidation sites excluding steroid dienone is 3. The number of piperidine rings is 1.